The Bertz CT molecular complexity index is 315. The van der Waals surface area contributed by atoms with Gasteiger partial charge in [-0.2, -0.15) is 25.8 Å². The fourth-order valence-electron chi connectivity index (χ4n) is 0.661. The lowest BCUT2D eigenvalue weighted by Gasteiger charge is -2.07. The zero-order chi connectivity index (χ0) is 10.1. The van der Waals surface area contributed by atoms with Crippen molar-refractivity contribution in [2.24, 2.45) is 0 Å². The molecule has 0 saturated heterocycles. The van der Waals surface area contributed by atoms with Gasteiger partial charge in [-0.3, -0.25) is 0 Å². The van der Waals surface area contributed by atoms with Gasteiger partial charge in [0.1, 0.15) is 16.5 Å². The summed E-state index contributed by atoms with van der Waals surface area (Å²) < 4.78 is 36.3. The first-order valence-electron chi connectivity index (χ1n) is 3.14. The fraction of sp³-hybridized carbons (Fsp3) is 0.333. The van der Waals surface area contributed by atoms with Crippen LogP contribution in [0.25, 0.3) is 0 Å². The topological polar surface area (TPSA) is 25.8 Å². The molecule has 2 nitrogen and oxygen atoms in total. The molecule has 0 aliphatic rings. The molecule has 0 aromatic carbocycles. The van der Waals surface area contributed by atoms with E-state index in [0.29, 0.717) is 6.20 Å². The van der Waals surface area contributed by atoms with Gasteiger partial charge in [0, 0.05) is 6.20 Å². The van der Waals surface area contributed by atoms with Gasteiger partial charge in [0.15, 0.2) is 0 Å². The molecular weight excluding hydrogens is 225 g/mol. The van der Waals surface area contributed by atoms with Gasteiger partial charge in [0.25, 0.3) is 0 Å². The highest BCUT2D eigenvalue weighted by atomic mass is 35.5. The summed E-state index contributed by atoms with van der Waals surface area (Å²) in [6, 6.07) is 0. The van der Waals surface area contributed by atoms with Crippen molar-refractivity contribution in [3.05, 3.63) is 22.7 Å². The van der Waals surface area contributed by atoms with Gasteiger partial charge < -0.3 is 0 Å². The van der Waals surface area contributed by atoms with Crippen molar-refractivity contribution in [2.45, 2.75) is 11.9 Å². The van der Waals surface area contributed by atoms with E-state index in [9.17, 15) is 13.2 Å². The molecule has 0 radical (unpaired) electrons. The average Bonchev–Trinajstić information content (AvgIpc) is 2.01. The molecule has 0 saturated carbocycles. The van der Waals surface area contributed by atoms with E-state index in [1.165, 1.54) is 0 Å². The molecule has 0 unspecified atom stereocenters. The summed E-state index contributed by atoms with van der Waals surface area (Å²) in [5, 5.41) is -0.591. The number of hydrogen-bond acceptors (Lipinski definition) is 3. The van der Waals surface area contributed by atoms with E-state index < -0.39 is 16.9 Å². The predicted octanol–water partition coefficient (Wildman–Crippen LogP) is 2.58. The second-order valence-corrected chi connectivity index (χ2v) is 2.82. The van der Waals surface area contributed by atoms with E-state index in [2.05, 4.69) is 22.6 Å². The van der Waals surface area contributed by atoms with Crippen molar-refractivity contribution < 1.29 is 13.2 Å². The minimum absolute atomic E-state index is 0.151. The van der Waals surface area contributed by atoms with Crippen LogP contribution in [0.3, 0.4) is 0 Å². The first-order chi connectivity index (χ1) is 5.95. The minimum atomic E-state index is -4.51. The SMILES string of the molecule is FC(F)(F)c1cnc(CS)nc1Cl. The number of hydrogen-bond donors (Lipinski definition) is 1. The van der Waals surface area contributed by atoms with Gasteiger partial charge >= 0.3 is 6.18 Å². The number of rotatable bonds is 1. The van der Waals surface area contributed by atoms with Crippen LogP contribution in [-0.2, 0) is 11.9 Å². The van der Waals surface area contributed by atoms with Gasteiger partial charge in [0.2, 0.25) is 0 Å². The normalized spacial score (nSPS) is 11.8. The summed E-state index contributed by atoms with van der Waals surface area (Å²) >= 11 is 9.09. The van der Waals surface area contributed by atoms with Crippen molar-refractivity contribution in [1.29, 1.82) is 0 Å². The lowest BCUT2D eigenvalue weighted by atomic mass is 10.3. The summed E-state index contributed by atoms with van der Waals surface area (Å²) in [5.74, 6) is 0.319. The van der Waals surface area contributed by atoms with Crippen molar-refractivity contribution in [3.63, 3.8) is 0 Å². The maximum Gasteiger partial charge on any atom is 0.420 e. The molecule has 0 aliphatic carbocycles. The Labute approximate surface area is 82.6 Å². The highest BCUT2D eigenvalue weighted by Crippen LogP contribution is 2.32. The number of alkyl halides is 3. The monoisotopic (exact) mass is 228 g/mol. The minimum Gasteiger partial charge on any atom is -0.240 e. The van der Waals surface area contributed by atoms with E-state index >= 15 is 0 Å². The van der Waals surface area contributed by atoms with Crippen LogP contribution < -0.4 is 0 Å². The summed E-state index contributed by atoms with van der Waals surface area (Å²) in [6.45, 7) is 0. The number of thiol groups is 1. The van der Waals surface area contributed by atoms with Crippen molar-refractivity contribution in [2.75, 3.05) is 0 Å². The molecule has 0 fully saturated rings. The van der Waals surface area contributed by atoms with Gasteiger partial charge in [0.05, 0.1) is 5.75 Å². The lowest BCUT2D eigenvalue weighted by molar-refractivity contribution is -0.138. The quantitative estimate of drug-likeness (QED) is 0.591. The molecule has 1 aromatic heterocycles. The summed E-state index contributed by atoms with van der Waals surface area (Å²) in [6.07, 6.45) is -3.85. The fourth-order valence-corrected chi connectivity index (χ4v) is 1.07. The summed E-state index contributed by atoms with van der Waals surface area (Å²) in [4.78, 5) is 6.85. The van der Waals surface area contributed by atoms with Crippen molar-refractivity contribution in [3.8, 4) is 0 Å². The molecule has 0 atom stereocenters. The Morgan fingerprint density at radius 1 is 1.46 bits per heavy atom. The molecule has 13 heavy (non-hydrogen) atoms. The van der Waals surface area contributed by atoms with E-state index in [-0.39, 0.29) is 11.6 Å². The third-order valence-electron chi connectivity index (χ3n) is 1.24. The van der Waals surface area contributed by atoms with Crippen molar-refractivity contribution in [1.82, 2.24) is 9.97 Å². The van der Waals surface area contributed by atoms with Crippen LogP contribution in [0.4, 0.5) is 13.2 Å². The molecule has 72 valence electrons. The third kappa shape index (κ3) is 2.47. The Hall–Kier alpha value is -0.490. The van der Waals surface area contributed by atoms with Crippen molar-refractivity contribution >= 4 is 24.2 Å². The van der Waals surface area contributed by atoms with Gasteiger partial charge in [-0.05, 0) is 0 Å². The third-order valence-corrected chi connectivity index (χ3v) is 1.81. The second kappa shape index (κ2) is 3.71. The predicted molar refractivity (Wildman–Crippen MR) is 44.7 cm³/mol. The first kappa shape index (κ1) is 10.6. The van der Waals surface area contributed by atoms with Crippen LogP contribution >= 0.6 is 24.2 Å². The van der Waals surface area contributed by atoms with Crippen LogP contribution in [0, 0.1) is 0 Å². The van der Waals surface area contributed by atoms with E-state index in [1.807, 2.05) is 0 Å². The Morgan fingerprint density at radius 3 is 2.46 bits per heavy atom. The van der Waals surface area contributed by atoms with Gasteiger partial charge in [-0.25, -0.2) is 9.97 Å². The second-order valence-electron chi connectivity index (χ2n) is 2.15. The zero-order valence-electron chi connectivity index (χ0n) is 6.14. The number of aromatic nitrogens is 2. The maximum atomic E-state index is 12.1. The Balaban J connectivity index is 3.13. The van der Waals surface area contributed by atoms with Crippen LogP contribution in [0.1, 0.15) is 11.4 Å². The van der Waals surface area contributed by atoms with E-state index in [1.54, 1.807) is 0 Å². The lowest BCUT2D eigenvalue weighted by Crippen LogP contribution is -2.08. The van der Waals surface area contributed by atoms with E-state index in [0.717, 1.165) is 0 Å². The van der Waals surface area contributed by atoms with Crippen LogP contribution in [0.2, 0.25) is 5.15 Å². The highest BCUT2D eigenvalue weighted by Gasteiger charge is 2.34. The van der Waals surface area contributed by atoms with E-state index in [4.69, 9.17) is 11.6 Å². The molecule has 1 heterocycles. The standard InChI is InChI=1S/C6H4ClF3N2S/c7-5-3(6(8,9)10)1-11-4(2-13)12-5/h1,13H,2H2. The first-order valence-corrected chi connectivity index (χ1v) is 4.15. The molecule has 0 N–H and O–H groups in total. The summed E-state index contributed by atoms with van der Waals surface area (Å²) in [7, 11) is 0. The molecule has 1 rings (SSSR count). The molecule has 0 amide bonds. The Kier molecular flexibility index (Phi) is 3.02. The Morgan fingerprint density at radius 2 is 2.08 bits per heavy atom. The molecule has 0 aliphatic heterocycles. The summed E-state index contributed by atoms with van der Waals surface area (Å²) in [5.41, 5.74) is -1.03. The molecule has 1 aromatic rings. The number of halogens is 4. The van der Waals surface area contributed by atoms with Crippen LogP contribution in [0.15, 0.2) is 6.20 Å². The maximum absolute atomic E-state index is 12.1. The molecule has 0 spiro atoms. The molecule has 0 bridgehead atoms. The number of nitrogens with zero attached hydrogens (tertiary/aromatic N) is 2. The molecule has 7 heteroatoms. The smallest absolute Gasteiger partial charge is 0.240 e. The highest BCUT2D eigenvalue weighted by molar-refractivity contribution is 7.79. The average molecular weight is 229 g/mol. The largest absolute Gasteiger partial charge is 0.420 e. The van der Waals surface area contributed by atoms with Gasteiger partial charge in [-0.1, -0.05) is 11.6 Å². The zero-order valence-corrected chi connectivity index (χ0v) is 7.79. The van der Waals surface area contributed by atoms with Gasteiger partial charge in [-0.15, -0.1) is 0 Å². The van der Waals surface area contributed by atoms with Crippen LogP contribution in [0.5, 0.6) is 0 Å². The van der Waals surface area contributed by atoms with Crippen LogP contribution in [-0.4, -0.2) is 9.97 Å². The molecular formula is C6H4ClF3N2S.